The predicted molar refractivity (Wildman–Crippen MR) is 61.0 cm³/mol. The second kappa shape index (κ2) is 5.34. The van der Waals surface area contributed by atoms with Crippen LogP contribution in [0.25, 0.3) is 0 Å². The van der Waals surface area contributed by atoms with Crippen LogP contribution in [0, 0.1) is 5.92 Å². The Hall–Kier alpha value is 0.210. The molecule has 0 aromatic heterocycles. The topological polar surface area (TPSA) is 12.5 Å². The average molecular weight is 220 g/mol. The van der Waals surface area contributed by atoms with E-state index in [0.29, 0.717) is 5.92 Å². The Kier molecular flexibility index (Phi) is 4.68. The van der Waals surface area contributed by atoms with Gasteiger partial charge in [-0.2, -0.15) is 0 Å². The molecule has 1 heterocycles. The fraction of sp³-hybridized carbons (Fsp3) is 1.00. The van der Waals surface area contributed by atoms with E-state index >= 15 is 0 Å². The zero-order valence-corrected chi connectivity index (χ0v) is 10.3. The normalized spacial score (nSPS) is 24.4. The van der Waals surface area contributed by atoms with Crippen molar-refractivity contribution in [2.45, 2.75) is 32.8 Å². The molecular weight excluding hydrogens is 198 g/mol. The van der Waals surface area contributed by atoms with E-state index in [1.54, 1.807) is 0 Å². The van der Waals surface area contributed by atoms with Gasteiger partial charge in [0.15, 0.2) is 0 Å². The summed E-state index contributed by atoms with van der Waals surface area (Å²) in [6, 6.07) is 0. The van der Waals surface area contributed by atoms with Crippen molar-refractivity contribution in [3.05, 3.63) is 0 Å². The summed E-state index contributed by atoms with van der Waals surface area (Å²) >= 11 is 5.82. The van der Waals surface area contributed by atoms with Gasteiger partial charge in [-0.1, -0.05) is 0 Å². The Morgan fingerprint density at radius 3 is 2.64 bits per heavy atom. The summed E-state index contributed by atoms with van der Waals surface area (Å²) in [6.07, 6.45) is 1.25. The van der Waals surface area contributed by atoms with Crippen LogP contribution in [0.15, 0.2) is 0 Å². The van der Waals surface area contributed by atoms with Gasteiger partial charge < -0.3 is 9.64 Å². The summed E-state index contributed by atoms with van der Waals surface area (Å²) < 4.78 is 5.69. The molecule has 0 aliphatic carbocycles. The number of halogens is 1. The molecule has 0 amide bonds. The third kappa shape index (κ3) is 4.63. The monoisotopic (exact) mass is 219 g/mol. The molecule has 0 aromatic rings. The lowest BCUT2D eigenvalue weighted by molar-refractivity contribution is -0.0111. The quantitative estimate of drug-likeness (QED) is 0.674. The van der Waals surface area contributed by atoms with Crippen molar-refractivity contribution in [1.82, 2.24) is 4.90 Å². The molecule has 1 fully saturated rings. The van der Waals surface area contributed by atoms with Crippen LogP contribution in [0.5, 0.6) is 0 Å². The molecule has 0 spiro atoms. The van der Waals surface area contributed by atoms with Crippen LogP contribution in [0.1, 0.15) is 27.2 Å². The Morgan fingerprint density at radius 1 is 1.43 bits per heavy atom. The van der Waals surface area contributed by atoms with Crippen molar-refractivity contribution in [1.29, 1.82) is 0 Å². The van der Waals surface area contributed by atoms with Gasteiger partial charge in [0.25, 0.3) is 0 Å². The summed E-state index contributed by atoms with van der Waals surface area (Å²) in [4.78, 5) is 2.44. The van der Waals surface area contributed by atoms with Crippen LogP contribution in [0.2, 0.25) is 0 Å². The van der Waals surface area contributed by atoms with Crippen molar-refractivity contribution in [2.75, 3.05) is 32.1 Å². The third-order valence-electron chi connectivity index (χ3n) is 2.53. The molecule has 1 atom stereocenters. The van der Waals surface area contributed by atoms with Gasteiger partial charge in [0.2, 0.25) is 0 Å². The maximum Gasteiger partial charge on any atom is 0.0600 e. The van der Waals surface area contributed by atoms with E-state index in [0.717, 1.165) is 25.6 Å². The molecule has 0 bridgehead atoms. The summed E-state index contributed by atoms with van der Waals surface area (Å²) in [7, 11) is 0. The lowest BCUT2D eigenvalue weighted by Gasteiger charge is -2.22. The highest BCUT2D eigenvalue weighted by atomic mass is 35.5. The lowest BCUT2D eigenvalue weighted by Crippen LogP contribution is -2.29. The molecule has 2 nitrogen and oxygen atoms in total. The minimum atomic E-state index is -0.00832. The predicted octanol–water partition coefficient (Wildman–Crippen LogP) is 2.36. The third-order valence-corrected chi connectivity index (χ3v) is 2.97. The highest BCUT2D eigenvalue weighted by molar-refractivity contribution is 6.18. The SMILES string of the molecule is CC(C)(C)OCCN1CCC(CCl)C1. The minimum absolute atomic E-state index is 0.00832. The molecular formula is C11H22ClNO. The van der Waals surface area contributed by atoms with E-state index in [4.69, 9.17) is 16.3 Å². The van der Waals surface area contributed by atoms with Gasteiger partial charge in [-0.25, -0.2) is 0 Å². The largest absolute Gasteiger partial charge is 0.375 e. The van der Waals surface area contributed by atoms with E-state index in [2.05, 4.69) is 25.7 Å². The van der Waals surface area contributed by atoms with Crippen LogP contribution < -0.4 is 0 Å². The molecule has 1 saturated heterocycles. The summed E-state index contributed by atoms with van der Waals surface area (Å²) in [6.45, 7) is 10.5. The van der Waals surface area contributed by atoms with E-state index in [9.17, 15) is 0 Å². The first-order chi connectivity index (χ1) is 6.51. The van der Waals surface area contributed by atoms with E-state index in [1.165, 1.54) is 13.0 Å². The molecule has 14 heavy (non-hydrogen) atoms. The number of alkyl halides is 1. The molecule has 0 aromatic carbocycles. The fourth-order valence-corrected chi connectivity index (χ4v) is 1.97. The summed E-state index contributed by atoms with van der Waals surface area (Å²) in [5.74, 6) is 1.50. The molecule has 0 N–H and O–H groups in total. The standard InChI is InChI=1S/C11H22ClNO/c1-11(2,3)14-7-6-13-5-4-10(8-12)9-13/h10H,4-9H2,1-3H3. The highest BCUT2D eigenvalue weighted by Crippen LogP contribution is 2.17. The van der Waals surface area contributed by atoms with Gasteiger partial charge in [-0.05, 0) is 39.7 Å². The average Bonchev–Trinajstić information content (AvgIpc) is 2.50. The molecule has 1 rings (SSSR count). The zero-order chi connectivity index (χ0) is 10.6. The Bertz CT molecular complexity index is 167. The highest BCUT2D eigenvalue weighted by Gasteiger charge is 2.21. The molecule has 1 unspecified atom stereocenters. The van der Waals surface area contributed by atoms with Crippen molar-refractivity contribution >= 4 is 11.6 Å². The van der Waals surface area contributed by atoms with Crippen LogP contribution in [0.3, 0.4) is 0 Å². The number of rotatable bonds is 4. The zero-order valence-electron chi connectivity index (χ0n) is 9.55. The maximum atomic E-state index is 5.82. The molecule has 84 valence electrons. The van der Waals surface area contributed by atoms with Crippen LogP contribution in [-0.4, -0.2) is 42.6 Å². The molecule has 1 aliphatic rings. The molecule has 0 saturated carbocycles. The Balaban J connectivity index is 2.09. The number of ether oxygens (including phenoxy) is 1. The first-order valence-electron chi connectivity index (χ1n) is 5.43. The van der Waals surface area contributed by atoms with Crippen LogP contribution in [-0.2, 0) is 4.74 Å². The minimum Gasteiger partial charge on any atom is -0.375 e. The summed E-state index contributed by atoms with van der Waals surface area (Å²) in [5, 5.41) is 0. The van der Waals surface area contributed by atoms with Crippen LogP contribution >= 0.6 is 11.6 Å². The second-order valence-electron chi connectivity index (χ2n) is 5.07. The van der Waals surface area contributed by atoms with Gasteiger partial charge in [0.05, 0.1) is 12.2 Å². The Labute approximate surface area is 92.6 Å². The van der Waals surface area contributed by atoms with Crippen molar-refractivity contribution in [3.8, 4) is 0 Å². The lowest BCUT2D eigenvalue weighted by atomic mass is 10.2. The van der Waals surface area contributed by atoms with Crippen molar-refractivity contribution < 1.29 is 4.74 Å². The fourth-order valence-electron chi connectivity index (χ4n) is 1.72. The number of likely N-dealkylation sites (tertiary alicyclic amines) is 1. The van der Waals surface area contributed by atoms with Gasteiger partial charge in [-0.15, -0.1) is 11.6 Å². The van der Waals surface area contributed by atoms with Crippen LogP contribution in [0.4, 0.5) is 0 Å². The first-order valence-corrected chi connectivity index (χ1v) is 5.97. The number of hydrogen-bond acceptors (Lipinski definition) is 2. The maximum absolute atomic E-state index is 5.82. The molecule has 3 heteroatoms. The number of hydrogen-bond donors (Lipinski definition) is 0. The number of nitrogens with zero attached hydrogens (tertiary/aromatic N) is 1. The van der Waals surface area contributed by atoms with Gasteiger partial charge >= 0.3 is 0 Å². The van der Waals surface area contributed by atoms with Gasteiger partial charge in [0.1, 0.15) is 0 Å². The Morgan fingerprint density at radius 2 is 2.14 bits per heavy atom. The molecule has 1 aliphatic heterocycles. The smallest absolute Gasteiger partial charge is 0.0600 e. The van der Waals surface area contributed by atoms with Gasteiger partial charge in [-0.3, -0.25) is 0 Å². The second-order valence-corrected chi connectivity index (χ2v) is 5.38. The van der Waals surface area contributed by atoms with E-state index in [-0.39, 0.29) is 5.60 Å². The molecule has 0 radical (unpaired) electrons. The van der Waals surface area contributed by atoms with E-state index < -0.39 is 0 Å². The van der Waals surface area contributed by atoms with E-state index in [1.807, 2.05) is 0 Å². The van der Waals surface area contributed by atoms with Crippen molar-refractivity contribution in [3.63, 3.8) is 0 Å². The first kappa shape index (κ1) is 12.3. The summed E-state index contributed by atoms with van der Waals surface area (Å²) in [5.41, 5.74) is -0.00832. The van der Waals surface area contributed by atoms with Crippen molar-refractivity contribution in [2.24, 2.45) is 5.92 Å². The van der Waals surface area contributed by atoms with Gasteiger partial charge in [0, 0.05) is 19.0 Å².